The van der Waals surface area contributed by atoms with E-state index in [4.69, 9.17) is 9.15 Å². The lowest BCUT2D eigenvalue weighted by molar-refractivity contribution is 0.00568. The second-order valence-corrected chi connectivity index (χ2v) is 6.37. The van der Waals surface area contributed by atoms with Crippen molar-refractivity contribution >= 4 is 11.0 Å². The van der Waals surface area contributed by atoms with Crippen LogP contribution >= 0.6 is 0 Å². The average Bonchev–Trinajstić information content (AvgIpc) is 2.98. The van der Waals surface area contributed by atoms with E-state index in [1.54, 1.807) is 0 Å². The van der Waals surface area contributed by atoms with Gasteiger partial charge in [-0.3, -0.25) is 9.80 Å². The summed E-state index contributed by atoms with van der Waals surface area (Å²) in [6.07, 6.45) is -0.370. The smallest absolute Gasteiger partial charge is 0.134 e. The van der Waals surface area contributed by atoms with E-state index in [1.807, 2.05) is 25.2 Å². The lowest BCUT2D eigenvalue weighted by atomic mass is 10.2. The summed E-state index contributed by atoms with van der Waals surface area (Å²) in [6, 6.07) is 10.3. The Balaban J connectivity index is 1.56. The molecule has 2 unspecified atom stereocenters. The molecule has 1 aliphatic heterocycles. The number of para-hydroxylation sites is 1. The predicted molar refractivity (Wildman–Crippen MR) is 90.5 cm³/mol. The summed E-state index contributed by atoms with van der Waals surface area (Å²) in [7, 11) is 2.03. The molecule has 0 bridgehead atoms. The molecular formula is C18H26N2O3. The second kappa shape index (κ2) is 7.45. The Morgan fingerprint density at radius 3 is 2.74 bits per heavy atom. The molecule has 2 atom stereocenters. The largest absolute Gasteiger partial charge is 0.459 e. The van der Waals surface area contributed by atoms with Crippen LogP contribution < -0.4 is 0 Å². The van der Waals surface area contributed by atoms with E-state index >= 15 is 0 Å². The third-order valence-corrected chi connectivity index (χ3v) is 4.59. The number of ether oxygens (including phenoxy) is 1. The summed E-state index contributed by atoms with van der Waals surface area (Å²) in [5.74, 6) is 0.937. The summed E-state index contributed by atoms with van der Waals surface area (Å²) < 4.78 is 11.3. The number of morpholine rings is 1. The first kappa shape index (κ1) is 16.5. The monoisotopic (exact) mass is 318 g/mol. The van der Waals surface area contributed by atoms with Gasteiger partial charge in [-0.1, -0.05) is 18.2 Å². The minimum absolute atomic E-state index is 0.127. The van der Waals surface area contributed by atoms with Crippen LogP contribution in [0.5, 0.6) is 0 Å². The summed E-state index contributed by atoms with van der Waals surface area (Å²) in [4.78, 5) is 4.40. The van der Waals surface area contributed by atoms with Gasteiger partial charge in [0.2, 0.25) is 0 Å². The minimum Gasteiger partial charge on any atom is -0.459 e. The molecular weight excluding hydrogens is 292 g/mol. The van der Waals surface area contributed by atoms with E-state index in [0.717, 1.165) is 43.0 Å². The molecule has 3 rings (SSSR count). The van der Waals surface area contributed by atoms with Crippen molar-refractivity contribution in [2.24, 2.45) is 0 Å². The first-order valence-corrected chi connectivity index (χ1v) is 8.30. The molecule has 1 aromatic heterocycles. The number of rotatable bonds is 6. The molecule has 2 heterocycles. The van der Waals surface area contributed by atoms with Gasteiger partial charge in [0.1, 0.15) is 11.3 Å². The number of β-amino-alcohol motifs (C(OH)–C–C–N with tert-alkyl or cyclic N) is 1. The fourth-order valence-electron chi connectivity index (χ4n) is 3.06. The van der Waals surface area contributed by atoms with Gasteiger partial charge in [-0.25, -0.2) is 0 Å². The number of furan rings is 1. The van der Waals surface area contributed by atoms with Crippen molar-refractivity contribution < 1.29 is 14.3 Å². The Kier molecular flexibility index (Phi) is 5.33. The number of aliphatic hydroxyl groups is 1. The molecule has 126 valence electrons. The van der Waals surface area contributed by atoms with Gasteiger partial charge in [0, 0.05) is 31.6 Å². The molecule has 0 spiro atoms. The van der Waals surface area contributed by atoms with Gasteiger partial charge in [-0.05, 0) is 26.1 Å². The van der Waals surface area contributed by atoms with Crippen molar-refractivity contribution in [2.75, 3.05) is 46.4 Å². The second-order valence-electron chi connectivity index (χ2n) is 6.37. The molecule has 0 aliphatic carbocycles. The van der Waals surface area contributed by atoms with Crippen LogP contribution in [0.1, 0.15) is 18.7 Å². The zero-order valence-corrected chi connectivity index (χ0v) is 13.9. The molecule has 1 fully saturated rings. The van der Waals surface area contributed by atoms with Crippen LogP contribution in [0, 0.1) is 0 Å². The number of hydrogen-bond donors (Lipinski definition) is 1. The van der Waals surface area contributed by atoms with Crippen LogP contribution in [-0.4, -0.2) is 67.5 Å². The summed E-state index contributed by atoms with van der Waals surface area (Å²) >= 11 is 0. The van der Waals surface area contributed by atoms with E-state index in [9.17, 15) is 5.11 Å². The molecule has 5 heteroatoms. The molecule has 0 amide bonds. The molecule has 1 aliphatic rings. The van der Waals surface area contributed by atoms with Gasteiger partial charge in [-0.15, -0.1) is 0 Å². The van der Waals surface area contributed by atoms with E-state index in [-0.39, 0.29) is 12.1 Å². The van der Waals surface area contributed by atoms with Gasteiger partial charge in [0.25, 0.3) is 0 Å². The molecule has 1 N–H and O–H groups in total. The van der Waals surface area contributed by atoms with Gasteiger partial charge < -0.3 is 14.3 Å². The zero-order chi connectivity index (χ0) is 16.2. The number of hydrogen-bond acceptors (Lipinski definition) is 5. The first-order valence-electron chi connectivity index (χ1n) is 8.30. The predicted octanol–water partition coefficient (Wildman–Crippen LogP) is 2.12. The van der Waals surface area contributed by atoms with Crippen molar-refractivity contribution in [3.63, 3.8) is 0 Å². The zero-order valence-electron chi connectivity index (χ0n) is 13.9. The van der Waals surface area contributed by atoms with E-state index in [1.165, 1.54) is 0 Å². The highest BCUT2D eigenvalue weighted by molar-refractivity contribution is 5.77. The van der Waals surface area contributed by atoms with Gasteiger partial charge >= 0.3 is 0 Å². The third-order valence-electron chi connectivity index (χ3n) is 4.59. The van der Waals surface area contributed by atoms with Crippen molar-refractivity contribution in [1.82, 2.24) is 9.80 Å². The fraction of sp³-hybridized carbons (Fsp3) is 0.556. The number of aliphatic hydroxyl groups excluding tert-OH is 1. The molecule has 1 saturated heterocycles. The summed E-state index contributed by atoms with van der Waals surface area (Å²) in [5.41, 5.74) is 0.914. The Bertz CT molecular complexity index is 589. The van der Waals surface area contributed by atoms with Crippen LogP contribution in [0.4, 0.5) is 0 Å². The number of benzene rings is 1. The SMILES string of the molecule is CC(c1cc2ccccc2o1)N(C)CC(O)CN1CCOCC1. The molecule has 2 aromatic rings. The standard InChI is InChI=1S/C18H26N2O3/c1-14(18-11-15-5-3-4-6-17(15)23-18)19(2)12-16(21)13-20-7-9-22-10-8-20/h3-6,11,14,16,21H,7-10,12-13H2,1-2H3. The quantitative estimate of drug-likeness (QED) is 0.884. The van der Waals surface area contributed by atoms with Crippen LogP contribution in [-0.2, 0) is 4.74 Å². The van der Waals surface area contributed by atoms with E-state index < -0.39 is 0 Å². The van der Waals surface area contributed by atoms with Gasteiger partial charge in [0.15, 0.2) is 0 Å². The van der Waals surface area contributed by atoms with Gasteiger partial charge in [0.05, 0.1) is 25.4 Å². The van der Waals surface area contributed by atoms with Crippen LogP contribution in [0.2, 0.25) is 0 Å². The first-order chi connectivity index (χ1) is 11.1. The Morgan fingerprint density at radius 1 is 1.26 bits per heavy atom. The van der Waals surface area contributed by atoms with Crippen molar-refractivity contribution in [1.29, 1.82) is 0 Å². The highest BCUT2D eigenvalue weighted by atomic mass is 16.5. The Labute approximate surface area is 137 Å². The molecule has 0 saturated carbocycles. The Morgan fingerprint density at radius 2 is 2.00 bits per heavy atom. The molecule has 23 heavy (non-hydrogen) atoms. The molecule has 5 nitrogen and oxygen atoms in total. The lowest BCUT2D eigenvalue weighted by Crippen LogP contribution is -2.44. The molecule has 0 radical (unpaired) electrons. The normalized spacial score (nSPS) is 19.3. The number of fused-ring (bicyclic) bond motifs is 1. The fourth-order valence-corrected chi connectivity index (χ4v) is 3.06. The minimum atomic E-state index is -0.370. The highest BCUT2D eigenvalue weighted by Gasteiger charge is 2.21. The van der Waals surface area contributed by atoms with Crippen LogP contribution in [0.3, 0.4) is 0 Å². The van der Waals surface area contributed by atoms with E-state index in [2.05, 4.69) is 28.9 Å². The number of likely N-dealkylation sites (N-methyl/N-ethyl adjacent to an activating group) is 1. The average molecular weight is 318 g/mol. The van der Waals surface area contributed by atoms with Gasteiger partial charge in [-0.2, -0.15) is 0 Å². The lowest BCUT2D eigenvalue weighted by Gasteiger charge is -2.31. The van der Waals surface area contributed by atoms with Crippen LogP contribution in [0.25, 0.3) is 11.0 Å². The highest BCUT2D eigenvalue weighted by Crippen LogP contribution is 2.26. The maximum Gasteiger partial charge on any atom is 0.134 e. The van der Waals surface area contributed by atoms with Crippen molar-refractivity contribution in [3.05, 3.63) is 36.1 Å². The maximum absolute atomic E-state index is 10.4. The van der Waals surface area contributed by atoms with Crippen LogP contribution in [0.15, 0.2) is 34.7 Å². The summed E-state index contributed by atoms with van der Waals surface area (Å²) in [5, 5.41) is 11.5. The maximum atomic E-state index is 10.4. The Hall–Kier alpha value is -1.40. The topological polar surface area (TPSA) is 49.1 Å². The number of nitrogens with zero attached hydrogens (tertiary/aromatic N) is 2. The van der Waals surface area contributed by atoms with Crippen molar-refractivity contribution in [3.8, 4) is 0 Å². The molecule has 1 aromatic carbocycles. The van der Waals surface area contributed by atoms with E-state index in [0.29, 0.717) is 13.1 Å². The van der Waals surface area contributed by atoms with Crippen molar-refractivity contribution in [2.45, 2.75) is 19.1 Å². The summed E-state index contributed by atoms with van der Waals surface area (Å²) in [6.45, 7) is 6.75. The third kappa shape index (κ3) is 4.12.